The number of rotatable bonds is 2. The van der Waals surface area contributed by atoms with Crippen molar-refractivity contribution in [3.05, 3.63) is 48.3 Å². The van der Waals surface area contributed by atoms with Crippen LogP contribution < -0.4 is 5.73 Å². The highest BCUT2D eigenvalue weighted by atomic mass is 15.1. The standard InChI is InChI=1S/C14H9N7/c15-8-9-10(16)7-13(11-3-1-5-17-20-11)19-14(9)12-4-2-6-18-21-12/h1-7H,(H2,16,19). The lowest BCUT2D eigenvalue weighted by molar-refractivity contribution is 1.02. The fraction of sp³-hybridized carbons (Fsp3) is 0. The minimum Gasteiger partial charge on any atom is -0.398 e. The maximum absolute atomic E-state index is 9.28. The van der Waals surface area contributed by atoms with Crippen LogP contribution in [0.1, 0.15) is 5.56 Å². The van der Waals surface area contributed by atoms with Crippen molar-refractivity contribution < 1.29 is 0 Å². The van der Waals surface area contributed by atoms with Crippen LogP contribution in [0.3, 0.4) is 0 Å². The number of anilines is 1. The van der Waals surface area contributed by atoms with E-state index in [1.54, 1.807) is 42.7 Å². The average molecular weight is 275 g/mol. The van der Waals surface area contributed by atoms with Gasteiger partial charge in [0.2, 0.25) is 0 Å². The lowest BCUT2D eigenvalue weighted by atomic mass is 10.1. The Morgan fingerprint density at radius 1 is 0.952 bits per heavy atom. The zero-order chi connectivity index (χ0) is 14.7. The van der Waals surface area contributed by atoms with Gasteiger partial charge in [-0.05, 0) is 30.3 Å². The molecule has 0 aliphatic rings. The Labute approximate surface area is 120 Å². The Balaban J connectivity index is 2.24. The van der Waals surface area contributed by atoms with Crippen LogP contribution in [0.4, 0.5) is 5.69 Å². The highest BCUT2D eigenvalue weighted by molar-refractivity contribution is 5.75. The third kappa shape index (κ3) is 2.37. The molecule has 0 atom stereocenters. The number of nitrogens with zero attached hydrogens (tertiary/aromatic N) is 6. The van der Waals surface area contributed by atoms with E-state index in [2.05, 4.69) is 25.4 Å². The fourth-order valence-corrected chi connectivity index (χ4v) is 1.86. The largest absolute Gasteiger partial charge is 0.398 e. The quantitative estimate of drug-likeness (QED) is 0.752. The zero-order valence-corrected chi connectivity index (χ0v) is 10.8. The third-order valence-corrected chi connectivity index (χ3v) is 2.81. The van der Waals surface area contributed by atoms with Gasteiger partial charge in [0.05, 0.1) is 11.4 Å². The summed E-state index contributed by atoms with van der Waals surface area (Å²) in [6, 6.07) is 10.6. The zero-order valence-electron chi connectivity index (χ0n) is 10.8. The van der Waals surface area contributed by atoms with Gasteiger partial charge in [0, 0.05) is 12.4 Å². The molecule has 0 amide bonds. The molecule has 7 nitrogen and oxygen atoms in total. The predicted octanol–water partition coefficient (Wildman–Crippen LogP) is 1.45. The smallest absolute Gasteiger partial charge is 0.113 e. The summed E-state index contributed by atoms with van der Waals surface area (Å²) in [5, 5.41) is 24.9. The van der Waals surface area contributed by atoms with Gasteiger partial charge >= 0.3 is 0 Å². The molecule has 0 unspecified atom stereocenters. The van der Waals surface area contributed by atoms with E-state index in [9.17, 15) is 5.26 Å². The molecule has 100 valence electrons. The maximum atomic E-state index is 9.28. The van der Waals surface area contributed by atoms with Gasteiger partial charge in [0.25, 0.3) is 0 Å². The molecule has 0 spiro atoms. The molecule has 0 saturated carbocycles. The van der Waals surface area contributed by atoms with Crippen molar-refractivity contribution in [2.24, 2.45) is 0 Å². The minimum absolute atomic E-state index is 0.267. The van der Waals surface area contributed by atoms with Gasteiger partial charge in [-0.3, -0.25) is 0 Å². The first-order valence-corrected chi connectivity index (χ1v) is 6.06. The molecule has 0 bridgehead atoms. The lowest BCUT2D eigenvalue weighted by Gasteiger charge is -2.08. The molecule has 7 heteroatoms. The van der Waals surface area contributed by atoms with Crippen LogP contribution in [0.5, 0.6) is 0 Å². The number of nitriles is 1. The number of pyridine rings is 1. The van der Waals surface area contributed by atoms with E-state index in [0.29, 0.717) is 28.5 Å². The van der Waals surface area contributed by atoms with E-state index in [1.807, 2.05) is 6.07 Å². The molecular formula is C14H9N7. The van der Waals surface area contributed by atoms with Crippen molar-refractivity contribution >= 4 is 5.69 Å². The van der Waals surface area contributed by atoms with E-state index in [4.69, 9.17) is 5.73 Å². The van der Waals surface area contributed by atoms with Crippen molar-refractivity contribution in [3.8, 4) is 28.8 Å². The summed E-state index contributed by atoms with van der Waals surface area (Å²) in [4.78, 5) is 4.44. The summed E-state index contributed by atoms with van der Waals surface area (Å²) < 4.78 is 0. The van der Waals surface area contributed by atoms with Crippen LogP contribution in [-0.4, -0.2) is 25.4 Å². The molecule has 3 aromatic rings. The molecule has 0 aliphatic carbocycles. The van der Waals surface area contributed by atoms with Crippen molar-refractivity contribution in [2.75, 3.05) is 5.73 Å². The molecule has 0 saturated heterocycles. The SMILES string of the molecule is N#Cc1c(N)cc(-c2cccnn2)nc1-c1cccnn1. The van der Waals surface area contributed by atoms with Gasteiger partial charge in [0.1, 0.15) is 28.7 Å². The van der Waals surface area contributed by atoms with E-state index in [-0.39, 0.29) is 5.56 Å². The summed E-state index contributed by atoms with van der Waals surface area (Å²) >= 11 is 0. The minimum atomic E-state index is 0.267. The second-order valence-corrected chi connectivity index (χ2v) is 4.15. The van der Waals surface area contributed by atoms with Crippen molar-refractivity contribution in [1.29, 1.82) is 5.26 Å². The van der Waals surface area contributed by atoms with Gasteiger partial charge in [-0.25, -0.2) is 4.98 Å². The second-order valence-electron chi connectivity index (χ2n) is 4.15. The maximum Gasteiger partial charge on any atom is 0.113 e. The van der Waals surface area contributed by atoms with Gasteiger partial charge in [-0.1, -0.05) is 0 Å². The summed E-state index contributed by atoms with van der Waals surface area (Å²) in [5.74, 6) is 0. The molecule has 3 rings (SSSR count). The van der Waals surface area contributed by atoms with E-state index in [0.717, 1.165) is 0 Å². The normalized spacial score (nSPS) is 10.0. The number of nitrogens with two attached hydrogens (primary N) is 1. The van der Waals surface area contributed by atoms with E-state index >= 15 is 0 Å². The number of hydrogen-bond donors (Lipinski definition) is 1. The topological polar surface area (TPSA) is 114 Å². The molecule has 2 N–H and O–H groups in total. The molecular weight excluding hydrogens is 266 g/mol. The summed E-state index contributed by atoms with van der Waals surface area (Å²) in [6.07, 6.45) is 3.12. The molecule has 3 heterocycles. The first-order valence-electron chi connectivity index (χ1n) is 6.06. The Hall–Kier alpha value is -3.40. The van der Waals surface area contributed by atoms with Gasteiger partial charge in [0.15, 0.2) is 0 Å². The molecule has 0 aliphatic heterocycles. The van der Waals surface area contributed by atoms with Crippen LogP contribution in [0.2, 0.25) is 0 Å². The van der Waals surface area contributed by atoms with Crippen molar-refractivity contribution in [1.82, 2.24) is 25.4 Å². The summed E-state index contributed by atoms with van der Waals surface area (Å²) in [5.41, 5.74) is 8.48. The van der Waals surface area contributed by atoms with Gasteiger partial charge in [-0.2, -0.15) is 15.5 Å². The van der Waals surface area contributed by atoms with Crippen LogP contribution in [0.25, 0.3) is 22.8 Å². The van der Waals surface area contributed by atoms with Gasteiger partial charge in [-0.15, -0.1) is 10.2 Å². The highest BCUT2D eigenvalue weighted by Gasteiger charge is 2.15. The Morgan fingerprint density at radius 3 is 2.19 bits per heavy atom. The average Bonchev–Trinajstić information content (AvgIpc) is 2.55. The Bertz CT molecular complexity index is 810. The van der Waals surface area contributed by atoms with Crippen LogP contribution >= 0.6 is 0 Å². The van der Waals surface area contributed by atoms with E-state index < -0.39 is 0 Å². The predicted molar refractivity (Wildman–Crippen MR) is 75.4 cm³/mol. The monoisotopic (exact) mass is 275 g/mol. The molecule has 0 radical (unpaired) electrons. The second kappa shape index (κ2) is 5.30. The molecule has 0 aromatic carbocycles. The van der Waals surface area contributed by atoms with E-state index in [1.165, 1.54) is 0 Å². The van der Waals surface area contributed by atoms with Crippen LogP contribution in [0.15, 0.2) is 42.7 Å². The van der Waals surface area contributed by atoms with Crippen LogP contribution in [-0.2, 0) is 0 Å². The first kappa shape index (κ1) is 12.6. The summed E-state index contributed by atoms with van der Waals surface area (Å²) in [6.45, 7) is 0. The molecule has 21 heavy (non-hydrogen) atoms. The number of hydrogen-bond acceptors (Lipinski definition) is 7. The Morgan fingerprint density at radius 2 is 1.62 bits per heavy atom. The van der Waals surface area contributed by atoms with Crippen molar-refractivity contribution in [2.45, 2.75) is 0 Å². The Kier molecular flexibility index (Phi) is 3.19. The number of aromatic nitrogens is 5. The fourth-order valence-electron chi connectivity index (χ4n) is 1.86. The van der Waals surface area contributed by atoms with Crippen LogP contribution in [0, 0.1) is 11.3 Å². The lowest BCUT2D eigenvalue weighted by Crippen LogP contribution is -2.01. The third-order valence-electron chi connectivity index (χ3n) is 2.81. The first-order chi connectivity index (χ1) is 10.3. The van der Waals surface area contributed by atoms with Crippen molar-refractivity contribution in [3.63, 3.8) is 0 Å². The number of nitrogen functional groups attached to an aromatic ring is 1. The summed E-state index contributed by atoms with van der Waals surface area (Å²) in [7, 11) is 0. The highest BCUT2D eigenvalue weighted by Crippen LogP contribution is 2.27. The molecule has 0 fully saturated rings. The molecule has 3 aromatic heterocycles. The van der Waals surface area contributed by atoms with Gasteiger partial charge < -0.3 is 5.73 Å².